The Balaban J connectivity index is 2.17. The molecule has 0 aliphatic rings. The lowest BCUT2D eigenvalue weighted by atomic mass is 10.1. The highest BCUT2D eigenvalue weighted by atomic mass is 19.1. The standard InChI is InChI=1S/C12H13FN4/c13-11-3-1-2-9(6-11)10-7-16-12(17-8-10)15-5-4-14/h1-3,6-8H,4-5,14H2,(H,15,16,17). The number of nitrogens with zero attached hydrogens (tertiary/aromatic N) is 2. The third-order valence-electron chi connectivity index (χ3n) is 2.24. The summed E-state index contributed by atoms with van der Waals surface area (Å²) in [7, 11) is 0. The van der Waals surface area contributed by atoms with E-state index in [2.05, 4.69) is 15.3 Å². The highest BCUT2D eigenvalue weighted by Crippen LogP contribution is 2.18. The Kier molecular flexibility index (Phi) is 3.62. The summed E-state index contributed by atoms with van der Waals surface area (Å²) in [6.45, 7) is 1.15. The molecule has 1 aromatic heterocycles. The van der Waals surface area contributed by atoms with Crippen LogP contribution in [-0.4, -0.2) is 23.1 Å². The fourth-order valence-electron chi connectivity index (χ4n) is 1.42. The normalized spacial score (nSPS) is 10.2. The Morgan fingerprint density at radius 1 is 1.18 bits per heavy atom. The van der Waals surface area contributed by atoms with Gasteiger partial charge in [-0.05, 0) is 17.7 Å². The van der Waals surface area contributed by atoms with Crippen molar-refractivity contribution in [1.29, 1.82) is 0 Å². The van der Waals surface area contributed by atoms with E-state index in [9.17, 15) is 4.39 Å². The van der Waals surface area contributed by atoms with Crippen molar-refractivity contribution >= 4 is 5.95 Å². The molecule has 88 valence electrons. The number of rotatable bonds is 4. The first-order valence-corrected chi connectivity index (χ1v) is 5.31. The van der Waals surface area contributed by atoms with Crippen molar-refractivity contribution in [2.24, 2.45) is 5.73 Å². The van der Waals surface area contributed by atoms with Crippen molar-refractivity contribution in [3.05, 3.63) is 42.5 Å². The maximum Gasteiger partial charge on any atom is 0.222 e. The number of nitrogens with two attached hydrogens (primary N) is 1. The molecule has 5 heteroatoms. The van der Waals surface area contributed by atoms with E-state index in [1.54, 1.807) is 18.5 Å². The molecule has 0 aliphatic heterocycles. The SMILES string of the molecule is NCCNc1ncc(-c2cccc(F)c2)cn1. The molecule has 0 saturated heterocycles. The minimum absolute atomic E-state index is 0.271. The Labute approximate surface area is 98.7 Å². The average Bonchev–Trinajstić information content (AvgIpc) is 2.37. The molecular weight excluding hydrogens is 219 g/mol. The molecule has 0 spiro atoms. The van der Waals surface area contributed by atoms with Gasteiger partial charge in [-0.2, -0.15) is 0 Å². The summed E-state index contributed by atoms with van der Waals surface area (Å²) in [6.07, 6.45) is 3.31. The van der Waals surface area contributed by atoms with Crippen LogP contribution in [0.5, 0.6) is 0 Å². The second-order valence-electron chi connectivity index (χ2n) is 3.52. The molecular formula is C12H13FN4. The first-order chi connectivity index (χ1) is 8.29. The van der Waals surface area contributed by atoms with Crippen LogP contribution < -0.4 is 11.1 Å². The zero-order valence-electron chi connectivity index (χ0n) is 9.23. The van der Waals surface area contributed by atoms with Crippen LogP contribution in [-0.2, 0) is 0 Å². The molecule has 0 saturated carbocycles. The highest BCUT2D eigenvalue weighted by molar-refractivity contribution is 5.61. The summed E-state index contributed by atoms with van der Waals surface area (Å²) in [5.41, 5.74) is 6.89. The summed E-state index contributed by atoms with van der Waals surface area (Å²) < 4.78 is 13.0. The van der Waals surface area contributed by atoms with Crippen LogP contribution >= 0.6 is 0 Å². The topological polar surface area (TPSA) is 63.8 Å². The predicted octanol–water partition coefficient (Wildman–Crippen LogP) is 1.65. The van der Waals surface area contributed by atoms with Crippen molar-refractivity contribution < 1.29 is 4.39 Å². The largest absolute Gasteiger partial charge is 0.353 e. The number of aromatic nitrogens is 2. The van der Waals surface area contributed by atoms with Crippen LogP contribution in [0.15, 0.2) is 36.7 Å². The third kappa shape index (κ3) is 2.98. The molecule has 0 unspecified atom stereocenters. The van der Waals surface area contributed by atoms with Crippen molar-refractivity contribution in [1.82, 2.24) is 9.97 Å². The van der Waals surface area contributed by atoms with Crippen molar-refractivity contribution in [3.63, 3.8) is 0 Å². The van der Waals surface area contributed by atoms with Crippen LogP contribution in [0.1, 0.15) is 0 Å². The van der Waals surface area contributed by atoms with Crippen molar-refractivity contribution in [3.8, 4) is 11.1 Å². The van der Waals surface area contributed by atoms with Crippen LogP contribution in [0.2, 0.25) is 0 Å². The van der Waals surface area contributed by atoms with Crippen LogP contribution in [0.3, 0.4) is 0 Å². The maximum absolute atomic E-state index is 13.0. The number of nitrogens with one attached hydrogen (secondary N) is 1. The van der Waals surface area contributed by atoms with Gasteiger partial charge in [0.1, 0.15) is 5.82 Å². The Morgan fingerprint density at radius 3 is 2.59 bits per heavy atom. The molecule has 3 N–H and O–H groups in total. The van der Waals surface area contributed by atoms with Gasteiger partial charge in [0.15, 0.2) is 0 Å². The maximum atomic E-state index is 13.0. The van der Waals surface area contributed by atoms with Gasteiger partial charge in [0, 0.05) is 31.0 Å². The third-order valence-corrected chi connectivity index (χ3v) is 2.24. The number of halogens is 1. The van der Waals surface area contributed by atoms with Crippen molar-refractivity contribution in [2.45, 2.75) is 0 Å². The van der Waals surface area contributed by atoms with Gasteiger partial charge in [-0.3, -0.25) is 0 Å². The van der Waals surface area contributed by atoms with Crippen molar-refractivity contribution in [2.75, 3.05) is 18.4 Å². The van der Waals surface area contributed by atoms with Crippen LogP contribution in [0, 0.1) is 5.82 Å². The molecule has 17 heavy (non-hydrogen) atoms. The van der Waals surface area contributed by atoms with Crippen LogP contribution in [0.25, 0.3) is 11.1 Å². The smallest absolute Gasteiger partial charge is 0.222 e. The summed E-state index contributed by atoms with van der Waals surface area (Å²) >= 11 is 0. The first-order valence-electron chi connectivity index (χ1n) is 5.31. The van der Waals surface area contributed by atoms with Gasteiger partial charge in [-0.1, -0.05) is 12.1 Å². The molecule has 0 atom stereocenters. The van der Waals surface area contributed by atoms with Gasteiger partial charge in [-0.15, -0.1) is 0 Å². The fraction of sp³-hybridized carbons (Fsp3) is 0.167. The minimum Gasteiger partial charge on any atom is -0.353 e. The van der Waals surface area contributed by atoms with Gasteiger partial charge in [0.05, 0.1) is 0 Å². The van der Waals surface area contributed by atoms with Crippen LogP contribution in [0.4, 0.5) is 10.3 Å². The number of hydrogen-bond donors (Lipinski definition) is 2. The second-order valence-corrected chi connectivity index (χ2v) is 3.52. The number of hydrogen-bond acceptors (Lipinski definition) is 4. The lowest BCUT2D eigenvalue weighted by molar-refractivity contribution is 0.628. The molecule has 0 bridgehead atoms. The van der Waals surface area contributed by atoms with E-state index in [1.807, 2.05) is 6.07 Å². The van der Waals surface area contributed by atoms with E-state index >= 15 is 0 Å². The summed E-state index contributed by atoms with van der Waals surface area (Å²) in [4.78, 5) is 8.24. The van der Waals surface area contributed by atoms with E-state index in [0.29, 0.717) is 19.0 Å². The Hall–Kier alpha value is -2.01. The minimum atomic E-state index is -0.271. The molecule has 4 nitrogen and oxygen atoms in total. The summed E-state index contributed by atoms with van der Waals surface area (Å²) in [5, 5.41) is 2.96. The predicted molar refractivity (Wildman–Crippen MR) is 65.0 cm³/mol. The quantitative estimate of drug-likeness (QED) is 0.841. The molecule has 0 aliphatic carbocycles. The van der Waals surface area contributed by atoms with Gasteiger partial charge in [0.25, 0.3) is 0 Å². The van der Waals surface area contributed by atoms with Gasteiger partial charge in [0.2, 0.25) is 5.95 Å². The second kappa shape index (κ2) is 5.36. The number of anilines is 1. The van der Waals surface area contributed by atoms with E-state index in [0.717, 1.165) is 11.1 Å². The zero-order valence-corrected chi connectivity index (χ0v) is 9.23. The first kappa shape index (κ1) is 11.5. The van der Waals surface area contributed by atoms with E-state index in [4.69, 9.17) is 5.73 Å². The number of benzene rings is 1. The lowest BCUT2D eigenvalue weighted by Gasteiger charge is -2.04. The van der Waals surface area contributed by atoms with Gasteiger partial charge in [-0.25, -0.2) is 14.4 Å². The summed E-state index contributed by atoms with van der Waals surface area (Å²) in [5.74, 6) is 0.253. The van der Waals surface area contributed by atoms with E-state index < -0.39 is 0 Å². The average molecular weight is 232 g/mol. The van der Waals surface area contributed by atoms with Gasteiger partial charge < -0.3 is 11.1 Å². The molecule has 0 fully saturated rings. The fourth-order valence-corrected chi connectivity index (χ4v) is 1.42. The molecule has 1 aromatic carbocycles. The molecule has 2 aromatic rings. The van der Waals surface area contributed by atoms with E-state index in [-0.39, 0.29) is 5.82 Å². The molecule has 1 heterocycles. The van der Waals surface area contributed by atoms with Gasteiger partial charge >= 0.3 is 0 Å². The van der Waals surface area contributed by atoms with E-state index in [1.165, 1.54) is 12.1 Å². The summed E-state index contributed by atoms with van der Waals surface area (Å²) in [6, 6.07) is 6.33. The molecule has 0 amide bonds. The lowest BCUT2D eigenvalue weighted by Crippen LogP contribution is -2.14. The monoisotopic (exact) mass is 232 g/mol. The molecule has 0 radical (unpaired) electrons. The Morgan fingerprint density at radius 2 is 1.94 bits per heavy atom. The molecule has 2 rings (SSSR count). The Bertz CT molecular complexity index is 484. The highest BCUT2D eigenvalue weighted by Gasteiger charge is 2.01. The zero-order chi connectivity index (χ0) is 12.1.